The Balaban J connectivity index is 2.41. The topological polar surface area (TPSA) is 3.24 Å². The number of likely N-dealkylation sites (N-methyl/N-ethyl adjacent to an activating group) is 1. The number of hydrogen-bond acceptors (Lipinski definition) is 1. The van der Waals surface area contributed by atoms with Gasteiger partial charge in [0.2, 0.25) is 0 Å². The van der Waals surface area contributed by atoms with Crippen molar-refractivity contribution in [1.82, 2.24) is 4.90 Å². The molecular weight excluding hydrogens is 208 g/mol. The summed E-state index contributed by atoms with van der Waals surface area (Å²) in [7, 11) is 2.42. The molecule has 0 amide bonds. The fraction of sp³-hybridized carbons (Fsp3) is 1.00. The van der Waals surface area contributed by atoms with Crippen molar-refractivity contribution in [3.8, 4) is 0 Å². The Morgan fingerprint density at radius 2 is 1.41 bits per heavy atom. The first kappa shape index (κ1) is 15.0. The molecule has 0 aromatic rings. The molecule has 0 aliphatic carbocycles. The molecule has 1 saturated heterocycles. The third kappa shape index (κ3) is 4.26. The summed E-state index contributed by atoms with van der Waals surface area (Å²) in [6.45, 7) is 20.5. The summed E-state index contributed by atoms with van der Waals surface area (Å²) in [5.74, 6) is 0. The molecule has 1 heterocycles. The Morgan fingerprint density at radius 1 is 0.941 bits per heavy atom. The Hall–Kier alpha value is -0.0800. The van der Waals surface area contributed by atoms with Crippen LogP contribution in [0.3, 0.4) is 0 Å². The second-order valence-electron chi connectivity index (χ2n) is 8.17. The minimum absolute atomic E-state index is 0.385. The van der Waals surface area contributed by atoms with Crippen molar-refractivity contribution < 1.29 is 4.48 Å². The molecule has 0 aromatic heterocycles. The molecule has 0 saturated carbocycles. The SMILES string of the molecule is CC(C)(C)CCN1CC[N+](C)(C(C)(C)C)CC1. The van der Waals surface area contributed by atoms with E-state index in [2.05, 4.69) is 53.5 Å². The van der Waals surface area contributed by atoms with Crippen LogP contribution in [0.4, 0.5) is 0 Å². The Bertz CT molecular complexity index is 237. The van der Waals surface area contributed by atoms with Crippen LogP contribution in [0.2, 0.25) is 0 Å². The van der Waals surface area contributed by atoms with E-state index in [9.17, 15) is 0 Å². The van der Waals surface area contributed by atoms with E-state index in [0.717, 1.165) is 0 Å². The van der Waals surface area contributed by atoms with Crippen LogP contribution < -0.4 is 0 Å². The minimum Gasteiger partial charge on any atom is -0.320 e. The van der Waals surface area contributed by atoms with E-state index in [4.69, 9.17) is 0 Å². The summed E-state index contributed by atoms with van der Waals surface area (Å²) in [6.07, 6.45) is 1.31. The van der Waals surface area contributed by atoms with Gasteiger partial charge in [-0.1, -0.05) is 20.8 Å². The van der Waals surface area contributed by atoms with Gasteiger partial charge in [0.05, 0.1) is 25.7 Å². The highest BCUT2D eigenvalue weighted by atomic mass is 15.4. The molecule has 0 bridgehead atoms. The highest BCUT2D eigenvalue weighted by molar-refractivity contribution is 4.72. The zero-order chi connectivity index (χ0) is 13.3. The molecular formula is C15H33N2+. The normalized spacial score (nSPS) is 22.8. The Morgan fingerprint density at radius 3 is 1.76 bits per heavy atom. The van der Waals surface area contributed by atoms with E-state index in [1.165, 1.54) is 43.6 Å². The zero-order valence-electron chi connectivity index (χ0n) is 13.1. The molecule has 0 unspecified atom stereocenters. The summed E-state index contributed by atoms with van der Waals surface area (Å²) >= 11 is 0. The first-order chi connectivity index (χ1) is 7.54. The van der Waals surface area contributed by atoms with Gasteiger partial charge in [-0.15, -0.1) is 0 Å². The van der Waals surface area contributed by atoms with Crippen LogP contribution >= 0.6 is 0 Å². The molecule has 0 radical (unpaired) electrons. The number of piperazine rings is 1. The molecule has 2 heteroatoms. The van der Waals surface area contributed by atoms with Crippen LogP contribution in [-0.2, 0) is 0 Å². The van der Waals surface area contributed by atoms with Crippen molar-refractivity contribution in [3.63, 3.8) is 0 Å². The summed E-state index contributed by atoms with van der Waals surface area (Å²) in [5.41, 5.74) is 0.857. The van der Waals surface area contributed by atoms with Gasteiger partial charge in [-0.2, -0.15) is 0 Å². The van der Waals surface area contributed by atoms with Gasteiger partial charge in [0.15, 0.2) is 0 Å². The van der Waals surface area contributed by atoms with Crippen LogP contribution in [0.1, 0.15) is 48.0 Å². The smallest absolute Gasteiger partial charge is 0.0918 e. The van der Waals surface area contributed by atoms with Crippen LogP contribution in [0.25, 0.3) is 0 Å². The third-order valence-electron chi connectivity index (χ3n) is 4.62. The molecule has 102 valence electrons. The molecule has 1 aliphatic heterocycles. The molecule has 0 aromatic carbocycles. The van der Waals surface area contributed by atoms with Crippen LogP contribution in [0.5, 0.6) is 0 Å². The predicted octanol–water partition coefficient (Wildman–Crippen LogP) is 2.98. The van der Waals surface area contributed by atoms with Gasteiger partial charge in [-0.3, -0.25) is 4.90 Å². The first-order valence-corrected chi connectivity index (χ1v) is 7.11. The lowest BCUT2D eigenvalue weighted by Crippen LogP contribution is -2.65. The Labute approximate surface area is 109 Å². The average Bonchev–Trinajstić information content (AvgIpc) is 2.14. The zero-order valence-corrected chi connectivity index (χ0v) is 13.1. The molecule has 1 rings (SSSR count). The molecule has 1 fully saturated rings. The lowest BCUT2D eigenvalue weighted by atomic mass is 9.92. The maximum absolute atomic E-state index is 2.65. The fourth-order valence-electron chi connectivity index (χ4n) is 2.34. The quantitative estimate of drug-likeness (QED) is 0.672. The lowest BCUT2D eigenvalue weighted by Gasteiger charge is -2.50. The van der Waals surface area contributed by atoms with Crippen molar-refractivity contribution in [1.29, 1.82) is 0 Å². The number of nitrogens with zero attached hydrogens (tertiary/aromatic N) is 2. The predicted molar refractivity (Wildman–Crippen MR) is 76.2 cm³/mol. The van der Waals surface area contributed by atoms with Crippen molar-refractivity contribution in [2.45, 2.75) is 53.5 Å². The highest BCUT2D eigenvalue weighted by Gasteiger charge is 2.38. The van der Waals surface area contributed by atoms with Crippen molar-refractivity contribution in [2.75, 3.05) is 39.8 Å². The Kier molecular flexibility index (Phi) is 4.31. The summed E-state index contributed by atoms with van der Waals surface area (Å²) in [4.78, 5) is 2.65. The van der Waals surface area contributed by atoms with Gasteiger partial charge in [0.1, 0.15) is 0 Å². The van der Waals surface area contributed by atoms with Crippen molar-refractivity contribution in [3.05, 3.63) is 0 Å². The second-order valence-corrected chi connectivity index (χ2v) is 8.17. The molecule has 17 heavy (non-hydrogen) atoms. The monoisotopic (exact) mass is 241 g/mol. The maximum atomic E-state index is 2.65. The van der Waals surface area contributed by atoms with E-state index < -0.39 is 0 Å². The molecule has 0 atom stereocenters. The van der Waals surface area contributed by atoms with Crippen molar-refractivity contribution in [2.24, 2.45) is 5.41 Å². The number of rotatable bonds is 2. The largest absolute Gasteiger partial charge is 0.320 e. The van der Waals surface area contributed by atoms with E-state index in [-0.39, 0.29) is 0 Å². The van der Waals surface area contributed by atoms with Gasteiger partial charge in [-0.25, -0.2) is 0 Å². The van der Waals surface area contributed by atoms with Gasteiger partial charge in [0.25, 0.3) is 0 Å². The van der Waals surface area contributed by atoms with Crippen LogP contribution in [0, 0.1) is 5.41 Å². The summed E-state index contributed by atoms with van der Waals surface area (Å²) < 4.78 is 1.22. The van der Waals surface area contributed by atoms with Gasteiger partial charge >= 0.3 is 0 Å². The van der Waals surface area contributed by atoms with E-state index in [0.29, 0.717) is 11.0 Å². The van der Waals surface area contributed by atoms with E-state index in [1.54, 1.807) is 0 Å². The van der Waals surface area contributed by atoms with Gasteiger partial charge in [-0.05, 0) is 39.2 Å². The number of hydrogen-bond donors (Lipinski definition) is 0. The molecule has 2 nitrogen and oxygen atoms in total. The first-order valence-electron chi connectivity index (χ1n) is 7.11. The average molecular weight is 241 g/mol. The van der Waals surface area contributed by atoms with Gasteiger partial charge < -0.3 is 4.48 Å². The highest BCUT2D eigenvalue weighted by Crippen LogP contribution is 2.25. The van der Waals surface area contributed by atoms with E-state index in [1.807, 2.05) is 0 Å². The van der Waals surface area contributed by atoms with Gasteiger partial charge in [0, 0.05) is 13.1 Å². The van der Waals surface area contributed by atoms with Crippen LogP contribution in [-0.4, -0.2) is 54.7 Å². The maximum Gasteiger partial charge on any atom is 0.0918 e. The second kappa shape index (κ2) is 4.89. The fourth-order valence-corrected chi connectivity index (χ4v) is 2.34. The van der Waals surface area contributed by atoms with Crippen LogP contribution in [0.15, 0.2) is 0 Å². The molecule has 0 N–H and O–H groups in total. The molecule has 1 aliphatic rings. The third-order valence-corrected chi connectivity index (χ3v) is 4.62. The standard InChI is InChI=1S/C15H33N2/c1-14(2,3)8-9-16-10-12-17(7,13-11-16)15(4,5)6/h8-13H2,1-7H3/q+1. The summed E-state index contributed by atoms with van der Waals surface area (Å²) in [5, 5.41) is 0. The lowest BCUT2D eigenvalue weighted by molar-refractivity contribution is -0.957. The van der Waals surface area contributed by atoms with Crippen molar-refractivity contribution >= 4 is 0 Å². The molecule has 0 spiro atoms. The summed E-state index contributed by atoms with van der Waals surface area (Å²) in [6, 6.07) is 0. The minimum atomic E-state index is 0.385. The van der Waals surface area contributed by atoms with E-state index >= 15 is 0 Å². The number of quaternary nitrogens is 1.